The highest BCUT2D eigenvalue weighted by Crippen LogP contribution is 2.58. The molecule has 2 aliphatic rings. The molecule has 2 aliphatic carbocycles. The number of hydrogen-bond donors (Lipinski definition) is 0. The Morgan fingerprint density at radius 1 is 1.00 bits per heavy atom. The number of esters is 2. The molecule has 0 heterocycles. The van der Waals surface area contributed by atoms with Gasteiger partial charge in [0.1, 0.15) is 23.2 Å². The molecule has 2 aromatic rings. The normalized spacial score (nSPS) is 22.0. The topological polar surface area (TPSA) is 85.6 Å². The number of rotatable bonds is 6. The fourth-order valence-electron chi connectivity index (χ4n) is 4.68. The molecule has 4 rings (SSSR count). The van der Waals surface area contributed by atoms with E-state index in [4.69, 9.17) is 14.2 Å². The van der Waals surface area contributed by atoms with Crippen molar-refractivity contribution in [2.45, 2.75) is 58.2 Å². The molecule has 180 valence electrons. The molecule has 2 saturated carbocycles. The highest BCUT2D eigenvalue weighted by atomic mass is 16.6. The maximum absolute atomic E-state index is 12.9. The molecule has 0 aliphatic heterocycles. The van der Waals surface area contributed by atoms with E-state index in [0.717, 1.165) is 25.7 Å². The highest BCUT2D eigenvalue weighted by Gasteiger charge is 2.62. The van der Waals surface area contributed by atoms with Gasteiger partial charge in [-0.25, -0.2) is 4.79 Å². The Bertz CT molecular complexity index is 1190. The van der Waals surface area contributed by atoms with Crippen molar-refractivity contribution in [1.82, 2.24) is 0 Å². The Hall–Kier alpha value is -3.77. The van der Waals surface area contributed by atoms with Crippen LogP contribution in [0.4, 0.5) is 0 Å². The van der Waals surface area contributed by atoms with E-state index >= 15 is 0 Å². The second-order valence-corrected chi connectivity index (χ2v) is 10.0. The van der Waals surface area contributed by atoms with E-state index in [1.54, 1.807) is 24.3 Å². The van der Waals surface area contributed by atoms with Gasteiger partial charge < -0.3 is 14.2 Å². The third kappa shape index (κ3) is 5.66. The summed E-state index contributed by atoms with van der Waals surface area (Å²) < 4.78 is 16.9. The van der Waals surface area contributed by atoms with Crippen LogP contribution in [0.5, 0.6) is 11.5 Å². The molecule has 0 unspecified atom stereocenters. The van der Waals surface area contributed by atoms with Crippen LogP contribution in [0.15, 0.2) is 54.6 Å². The minimum absolute atomic E-state index is 0.342. The van der Waals surface area contributed by atoms with E-state index in [9.17, 15) is 14.9 Å². The summed E-state index contributed by atoms with van der Waals surface area (Å²) >= 11 is 0. The first-order valence-electron chi connectivity index (χ1n) is 11.9. The summed E-state index contributed by atoms with van der Waals surface area (Å²) in [5, 5.41) is 9.69. The monoisotopic (exact) mass is 471 g/mol. The number of carbonyl (C=O) groups is 2. The lowest BCUT2D eigenvalue weighted by Gasteiger charge is -2.22. The zero-order valence-corrected chi connectivity index (χ0v) is 20.2. The van der Waals surface area contributed by atoms with Gasteiger partial charge >= 0.3 is 11.9 Å². The molecule has 0 saturated heterocycles. The molecule has 6 nitrogen and oxygen atoms in total. The van der Waals surface area contributed by atoms with Crippen LogP contribution in [0, 0.1) is 40.4 Å². The Morgan fingerprint density at radius 2 is 1.69 bits per heavy atom. The van der Waals surface area contributed by atoms with E-state index in [0.29, 0.717) is 17.1 Å². The van der Waals surface area contributed by atoms with Crippen molar-refractivity contribution in [3.05, 3.63) is 60.2 Å². The summed E-state index contributed by atoms with van der Waals surface area (Å²) in [6.45, 7) is 5.73. The van der Waals surface area contributed by atoms with Crippen LogP contribution in [-0.4, -0.2) is 17.5 Å². The standard InChI is InChI=1S/C29H29NO5/c1-28(2)23(14-15-25(31)35-29(3)16-7-8-17-29)26(28)27(32)34-24(19-30)20-10-9-13-22(18-20)33-21-11-5-4-6-12-21/h4-6,9-13,18,23-24,26H,7-8,16-17H2,1-3H3/t23-,24+,26-/m0/s1. The lowest BCUT2D eigenvalue weighted by atomic mass is 10.1. The van der Waals surface area contributed by atoms with Gasteiger partial charge in [0.05, 0.1) is 5.92 Å². The molecule has 0 radical (unpaired) electrons. The smallest absolute Gasteiger partial charge is 0.384 e. The van der Waals surface area contributed by atoms with Crippen LogP contribution in [-0.2, 0) is 19.1 Å². The maximum atomic E-state index is 12.9. The van der Waals surface area contributed by atoms with Gasteiger partial charge in [-0.15, -0.1) is 0 Å². The third-order valence-electron chi connectivity index (χ3n) is 6.90. The average molecular weight is 472 g/mol. The first kappa shape index (κ1) is 24.4. The van der Waals surface area contributed by atoms with Crippen LogP contribution in [0.1, 0.15) is 58.1 Å². The summed E-state index contributed by atoms with van der Waals surface area (Å²) in [6, 6.07) is 18.3. The van der Waals surface area contributed by atoms with Gasteiger partial charge in [-0.1, -0.05) is 50.1 Å². The van der Waals surface area contributed by atoms with Crippen molar-refractivity contribution >= 4 is 11.9 Å². The van der Waals surface area contributed by atoms with E-state index in [1.165, 1.54) is 0 Å². The molecule has 35 heavy (non-hydrogen) atoms. The molecule has 0 N–H and O–H groups in total. The summed E-state index contributed by atoms with van der Waals surface area (Å²) in [7, 11) is 0. The minimum atomic E-state index is -1.08. The Kier molecular flexibility index (Phi) is 6.85. The summed E-state index contributed by atoms with van der Waals surface area (Å²) in [5.41, 5.74) is -0.384. The molecular weight excluding hydrogens is 442 g/mol. The Morgan fingerprint density at radius 3 is 2.37 bits per heavy atom. The average Bonchev–Trinajstić information content (AvgIpc) is 3.13. The van der Waals surface area contributed by atoms with Crippen molar-refractivity contribution in [3.63, 3.8) is 0 Å². The van der Waals surface area contributed by atoms with Crippen molar-refractivity contribution < 1.29 is 23.8 Å². The highest BCUT2D eigenvalue weighted by molar-refractivity contribution is 5.89. The van der Waals surface area contributed by atoms with E-state index in [1.807, 2.05) is 51.1 Å². The van der Waals surface area contributed by atoms with E-state index in [2.05, 4.69) is 17.9 Å². The molecule has 0 amide bonds. The van der Waals surface area contributed by atoms with Crippen molar-refractivity contribution in [2.75, 3.05) is 0 Å². The number of para-hydroxylation sites is 1. The molecule has 3 atom stereocenters. The lowest BCUT2D eigenvalue weighted by molar-refractivity contribution is -0.151. The molecule has 6 heteroatoms. The largest absolute Gasteiger partial charge is 0.457 e. The molecular formula is C29H29NO5. The first-order chi connectivity index (χ1) is 16.7. The van der Waals surface area contributed by atoms with Gasteiger partial charge in [0, 0.05) is 17.4 Å². The maximum Gasteiger partial charge on any atom is 0.384 e. The molecule has 0 bridgehead atoms. The number of ether oxygens (including phenoxy) is 3. The summed E-state index contributed by atoms with van der Waals surface area (Å²) in [5.74, 6) is 4.74. The second-order valence-electron chi connectivity index (χ2n) is 10.0. The fraction of sp³-hybridized carbons (Fsp3) is 0.414. The van der Waals surface area contributed by atoms with E-state index < -0.39 is 35.0 Å². The van der Waals surface area contributed by atoms with E-state index in [-0.39, 0.29) is 5.92 Å². The van der Waals surface area contributed by atoms with Crippen molar-refractivity contribution in [3.8, 4) is 29.4 Å². The molecule has 0 aromatic heterocycles. The molecule has 2 fully saturated rings. The predicted molar refractivity (Wildman–Crippen MR) is 129 cm³/mol. The Labute approximate surface area is 206 Å². The molecule has 2 aromatic carbocycles. The van der Waals surface area contributed by atoms with Crippen LogP contribution in [0.25, 0.3) is 0 Å². The molecule has 0 spiro atoms. The van der Waals surface area contributed by atoms with Gasteiger partial charge in [-0.3, -0.25) is 4.79 Å². The second kappa shape index (κ2) is 9.84. The Balaban J connectivity index is 1.39. The van der Waals surface area contributed by atoms with Gasteiger partial charge in [0.25, 0.3) is 0 Å². The number of hydrogen-bond acceptors (Lipinski definition) is 6. The fourth-order valence-corrected chi connectivity index (χ4v) is 4.68. The quantitative estimate of drug-likeness (QED) is 0.303. The van der Waals surface area contributed by atoms with Crippen LogP contribution >= 0.6 is 0 Å². The number of carbonyl (C=O) groups excluding carboxylic acids is 2. The zero-order valence-electron chi connectivity index (χ0n) is 20.2. The summed E-state index contributed by atoms with van der Waals surface area (Å²) in [4.78, 5) is 25.2. The van der Waals surface area contributed by atoms with Gasteiger partial charge in [-0.05, 0) is 62.3 Å². The summed E-state index contributed by atoms with van der Waals surface area (Å²) in [6.07, 6.45) is 2.69. The van der Waals surface area contributed by atoms with Crippen LogP contribution in [0.3, 0.4) is 0 Å². The predicted octanol–water partition coefficient (Wildman–Crippen LogP) is 5.74. The van der Waals surface area contributed by atoms with Crippen LogP contribution in [0.2, 0.25) is 0 Å². The number of nitriles is 1. The van der Waals surface area contributed by atoms with Crippen molar-refractivity contribution in [1.29, 1.82) is 5.26 Å². The van der Waals surface area contributed by atoms with Gasteiger partial charge in [0.2, 0.25) is 6.10 Å². The van der Waals surface area contributed by atoms with Gasteiger partial charge in [0.15, 0.2) is 0 Å². The number of benzene rings is 2. The lowest BCUT2D eigenvalue weighted by Crippen LogP contribution is -2.27. The SMILES string of the molecule is CC1(OC(=O)C#C[C@H]2[C@@H](C(=O)O[C@H](C#N)c3cccc(Oc4ccccc4)c3)C2(C)C)CCCC1. The van der Waals surface area contributed by atoms with Gasteiger partial charge in [-0.2, -0.15) is 5.26 Å². The number of nitrogens with zero attached hydrogens (tertiary/aromatic N) is 1. The minimum Gasteiger partial charge on any atom is -0.457 e. The third-order valence-corrected chi connectivity index (χ3v) is 6.90. The van der Waals surface area contributed by atoms with Crippen LogP contribution < -0.4 is 4.74 Å². The zero-order chi connectivity index (χ0) is 25.1. The van der Waals surface area contributed by atoms with Crippen molar-refractivity contribution in [2.24, 2.45) is 17.3 Å². The first-order valence-corrected chi connectivity index (χ1v) is 11.9.